The smallest absolute Gasteiger partial charge is 0.0550 e. The first-order chi connectivity index (χ1) is 4.93. The van der Waals surface area contributed by atoms with Crippen LogP contribution in [0.2, 0.25) is 0 Å². The van der Waals surface area contributed by atoms with E-state index in [4.69, 9.17) is 0 Å². The molecule has 0 unspecified atom stereocenters. The molecule has 1 aromatic heterocycles. The average Bonchev–Trinajstić information content (AvgIpc) is 2.41. The van der Waals surface area contributed by atoms with Crippen LogP contribution in [-0.4, -0.2) is 15.9 Å². The van der Waals surface area contributed by atoms with Crippen molar-refractivity contribution in [2.75, 3.05) is 11.5 Å². The van der Waals surface area contributed by atoms with E-state index in [9.17, 15) is 0 Å². The van der Waals surface area contributed by atoms with Crippen LogP contribution in [0.1, 0.15) is 12.6 Å². The molecule has 0 atom stereocenters. The molecule has 1 heterocycles. The van der Waals surface area contributed by atoms with Gasteiger partial charge < -0.3 is 0 Å². The quantitative estimate of drug-likeness (QED) is 0.649. The minimum absolute atomic E-state index is 1.13. The number of hydrogen-bond acceptors (Lipinski definition) is 3. The summed E-state index contributed by atoms with van der Waals surface area (Å²) >= 11 is 3.51. The fourth-order valence-corrected chi connectivity index (χ4v) is 1.90. The van der Waals surface area contributed by atoms with E-state index < -0.39 is 0 Å². The van der Waals surface area contributed by atoms with Gasteiger partial charge in [0.25, 0.3) is 0 Å². The molecule has 1 rings (SSSR count). The van der Waals surface area contributed by atoms with E-state index in [0.717, 1.165) is 6.42 Å². The van der Waals surface area contributed by atoms with Gasteiger partial charge in [0.15, 0.2) is 0 Å². The number of hydrogen-bond donors (Lipinski definition) is 0. The third-order valence-corrected chi connectivity index (χ3v) is 2.70. The molecule has 10 heavy (non-hydrogen) atoms. The summed E-state index contributed by atoms with van der Waals surface area (Å²) < 4.78 is 4.22. The van der Waals surface area contributed by atoms with Gasteiger partial charge in [-0.2, -0.15) is 16.1 Å². The van der Waals surface area contributed by atoms with E-state index in [-0.39, 0.29) is 0 Å². The van der Waals surface area contributed by atoms with Gasteiger partial charge in [0.1, 0.15) is 0 Å². The molecule has 0 aliphatic heterocycles. The molecule has 0 aliphatic rings. The highest BCUT2D eigenvalue weighted by atomic mass is 32.2. The lowest BCUT2D eigenvalue weighted by Crippen LogP contribution is -1.87. The summed E-state index contributed by atoms with van der Waals surface area (Å²) in [6.07, 6.45) is 1.13. The molecule has 0 aliphatic carbocycles. The SMILES string of the molecule is CCSCCc1ccsn1. The predicted molar refractivity (Wildman–Crippen MR) is 48.8 cm³/mol. The standard InChI is InChI=1S/C7H11NS2/c1-2-9-5-3-7-4-6-10-8-7/h4,6H,2-3,5H2,1H3. The number of thioether (sulfide) groups is 1. The van der Waals surface area contributed by atoms with E-state index in [1.165, 1.54) is 28.7 Å². The van der Waals surface area contributed by atoms with E-state index in [0.29, 0.717) is 0 Å². The van der Waals surface area contributed by atoms with Crippen molar-refractivity contribution in [3.63, 3.8) is 0 Å². The van der Waals surface area contributed by atoms with Crippen LogP contribution in [-0.2, 0) is 6.42 Å². The van der Waals surface area contributed by atoms with Crippen LogP contribution in [0, 0.1) is 0 Å². The normalized spacial score (nSPS) is 10.1. The van der Waals surface area contributed by atoms with Gasteiger partial charge in [-0.3, -0.25) is 0 Å². The van der Waals surface area contributed by atoms with Crippen LogP contribution in [0.3, 0.4) is 0 Å². The Labute approximate surface area is 70.0 Å². The van der Waals surface area contributed by atoms with Gasteiger partial charge in [0.05, 0.1) is 5.69 Å². The molecular weight excluding hydrogens is 162 g/mol. The molecule has 1 nitrogen and oxygen atoms in total. The minimum Gasteiger partial charge on any atom is -0.198 e. The number of rotatable bonds is 4. The lowest BCUT2D eigenvalue weighted by atomic mass is 10.3. The Morgan fingerprint density at radius 2 is 2.60 bits per heavy atom. The van der Waals surface area contributed by atoms with Gasteiger partial charge in [0.2, 0.25) is 0 Å². The van der Waals surface area contributed by atoms with Gasteiger partial charge in [-0.15, -0.1) is 0 Å². The van der Waals surface area contributed by atoms with E-state index in [1.807, 2.05) is 17.1 Å². The van der Waals surface area contributed by atoms with Crippen LogP contribution in [0.25, 0.3) is 0 Å². The Hall–Kier alpha value is -0.0200. The molecule has 1 aromatic rings. The van der Waals surface area contributed by atoms with Gasteiger partial charge in [-0.05, 0) is 35.5 Å². The molecule has 0 amide bonds. The third-order valence-electron chi connectivity index (χ3n) is 1.20. The van der Waals surface area contributed by atoms with Crippen LogP contribution in [0.15, 0.2) is 11.4 Å². The van der Waals surface area contributed by atoms with Crippen molar-refractivity contribution in [2.24, 2.45) is 0 Å². The van der Waals surface area contributed by atoms with E-state index in [1.54, 1.807) is 0 Å². The first kappa shape index (κ1) is 8.08. The molecule has 0 radical (unpaired) electrons. The molecule has 0 bridgehead atoms. The Morgan fingerprint density at radius 3 is 3.20 bits per heavy atom. The molecule has 0 N–H and O–H groups in total. The zero-order chi connectivity index (χ0) is 7.23. The second-order valence-corrected chi connectivity index (χ2v) is 4.00. The molecule has 0 saturated carbocycles. The highest BCUT2D eigenvalue weighted by molar-refractivity contribution is 7.99. The lowest BCUT2D eigenvalue weighted by molar-refractivity contribution is 1.10. The maximum Gasteiger partial charge on any atom is 0.0550 e. The molecule has 3 heteroatoms. The largest absolute Gasteiger partial charge is 0.198 e. The fourth-order valence-electron chi connectivity index (χ4n) is 0.688. The Balaban J connectivity index is 2.15. The maximum absolute atomic E-state index is 4.22. The van der Waals surface area contributed by atoms with Crippen molar-refractivity contribution in [3.8, 4) is 0 Å². The summed E-state index contributed by atoms with van der Waals surface area (Å²) in [6.45, 7) is 2.19. The Kier molecular flexibility index (Phi) is 3.83. The third kappa shape index (κ3) is 2.71. The highest BCUT2D eigenvalue weighted by Crippen LogP contribution is 2.05. The molecule has 56 valence electrons. The number of aryl methyl sites for hydroxylation is 1. The zero-order valence-electron chi connectivity index (χ0n) is 6.04. The van der Waals surface area contributed by atoms with Crippen molar-refractivity contribution in [2.45, 2.75) is 13.3 Å². The molecule has 0 aromatic carbocycles. The summed E-state index contributed by atoms with van der Waals surface area (Å²) in [5.41, 5.74) is 1.24. The monoisotopic (exact) mass is 173 g/mol. The summed E-state index contributed by atoms with van der Waals surface area (Å²) in [6, 6.07) is 2.10. The number of aromatic nitrogens is 1. The second-order valence-electron chi connectivity index (χ2n) is 1.94. The Bertz CT molecular complexity index is 160. The molecule has 0 spiro atoms. The number of nitrogens with zero attached hydrogens (tertiary/aromatic N) is 1. The van der Waals surface area contributed by atoms with Gasteiger partial charge >= 0.3 is 0 Å². The van der Waals surface area contributed by atoms with Crippen LogP contribution in [0.4, 0.5) is 0 Å². The molecular formula is C7H11NS2. The summed E-state index contributed by atoms with van der Waals surface area (Å²) in [5, 5.41) is 2.03. The second kappa shape index (κ2) is 4.74. The van der Waals surface area contributed by atoms with E-state index >= 15 is 0 Å². The topological polar surface area (TPSA) is 12.9 Å². The first-order valence-corrected chi connectivity index (χ1v) is 5.39. The lowest BCUT2D eigenvalue weighted by Gasteiger charge is -1.92. The maximum atomic E-state index is 4.22. The predicted octanol–water partition coefficient (Wildman–Crippen LogP) is 2.44. The average molecular weight is 173 g/mol. The summed E-state index contributed by atoms with van der Waals surface area (Å²) in [5.74, 6) is 2.42. The molecule has 0 saturated heterocycles. The van der Waals surface area contributed by atoms with Gasteiger partial charge in [0, 0.05) is 5.38 Å². The van der Waals surface area contributed by atoms with Crippen LogP contribution in [0.5, 0.6) is 0 Å². The minimum atomic E-state index is 1.13. The summed E-state index contributed by atoms with van der Waals surface area (Å²) in [4.78, 5) is 0. The Morgan fingerprint density at radius 1 is 1.70 bits per heavy atom. The van der Waals surface area contributed by atoms with Crippen LogP contribution >= 0.6 is 23.3 Å². The molecule has 0 fully saturated rings. The van der Waals surface area contributed by atoms with E-state index in [2.05, 4.69) is 17.4 Å². The fraction of sp³-hybridized carbons (Fsp3) is 0.571. The van der Waals surface area contributed by atoms with Crippen molar-refractivity contribution in [1.29, 1.82) is 0 Å². The van der Waals surface area contributed by atoms with Crippen molar-refractivity contribution >= 4 is 23.3 Å². The van der Waals surface area contributed by atoms with Crippen LogP contribution < -0.4 is 0 Å². The first-order valence-electron chi connectivity index (χ1n) is 3.40. The zero-order valence-corrected chi connectivity index (χ0v) is 7.67. The van der Waals surface area contributed by atoms with Crippen molar-refractivity contribution in [1.82, 2.24) is 4.37 Å². The van der Waals surface area contributed by atoms with Gasteiger partial charge in [-0.1, -0.05) is 6.92 Å². The van der Waals surface area contributed by atoms with Crippen molar-refractivity contribution < 1.29 is 0 Å². The summed E-state index contributed by atoms with van der Waals surface area (Å²) in [7, 11) is 0. The highest BCUT2D eigenvalue weighted by Gasteiger charge is 1.92. The van der Waals surface area contributed by atoms with Crippen molar-refractivity contribution in [3.05, 3.63) is 17.1 Å². The van der Waals surface area contributed by atoms with Gasteiger partial charge in [-0.25, -0.2) is 0 Å².